The van der Waals surface area contributed by atoms with Gasteiger partial charge in [-0.15, -0.1) is 0 Å². The quantitative estimate of drug-likeness (QED) is 0.121. The van der Waals surface area contributed by atoms with Crippen molar-refractivity contribution < 1.29 is 4.74 Å². The maximum Gasteiger partial charge on any atom is 0.0585 e. The second-order valence-electron chi connectivity index (χ2n) is 12.9. The third-order valence-electron chi connectivity index (χ3n) is 9.54. The second-order valence-corrected chi connectivity index (χ2v) is 12.9. The van der Waals surface area contributed by atoms with Gasteiger partial charge in [0.05, 0.1) is 6.10 Å². The van der Waals surface area contributed by atoms with Crippen molar-refractivity contribution in [2.75, 3.05) is 26.2 Å². The Kier molecular flexibility index (Phi) is 18.6. The summed E-state index contributed by atoms with van der Waals surface area (Å²) in [6.07, 6.45) is 34.6. The molecule has 0 unspecified atom stereocenters. The molecule has 2 rings (SSSR count). The number of hydrogen-bond donors (Lipinski definition) is 0. The molecule has 2 heteroatoms. The average Bonchev–Trinajstić information content (AvgIpc) is 2.87. The highest BCUT2D eigenvalue weighted by molar-refractivity contribution is 4.98. The van der Waals surface area contributed by atoms with Gasteiger partial charge in [0.15, 0.2) is 0 Å². The van der Waals surface area contributed by atoms with Crippen molar-refractivity contribution in [2.45, 2.75) is 181 Å². The van der Waals surface area contributed by atoms with E-state index in [2.05, 4.69) is 25.7 Å². The highest BCUT2D eigenvalue weighted by Crippen LogP contribution is 2.50. The zero-order chi connectivity index (χ0) is 25.7. The molecule has 0 amide bonds. The Hall–Kier alpha value is -0.0800. The van der Waals surface area contributed by atoms with Gasteiger partial charge in [0.1, 0.15) is 0 Å². The lowest BCUT2D eigenvalue weighted by Gasteiger charge is -2.52. The SMILES string of the molecule is CCCCCCCCCCOC1CC2(CCN(CC(CCCCCCC)CCCCCCC)CC2)C1. The molecule has 0 aromatic rings. The Morgan fingerprint density at radius 3 is 1.56 bits per heavy atom. The zero-order valence-electron chi connectivity index (χ0n) is 25.3. The molecule has 1 saturated heterocycles. The zero-order valence-corrected chi connectivity index (χ0v) is 25.3. The smallest absolute Gasteiger partial charge is 0.0585 e. The van der Waals surface area contributed by atoms with Crippen LogP contribution in [0.15, 0.2) is 0 Å². The van der Waals surface area contributed by atoms with Crippen molar-refractivity contribution >= 4 is 0 Å². The van der Waals surface area contributed by atoms with Crippen LogP contribution >= 0.6 is 0 Å². The summed E-state index contributed by atoms with van der Waals surface area (Å²) in [7, 11) is 0. The number of ether oxygens (including phenoxy) is 1. The van der Waals surface area contributed by atoms with E-state index in [1.54, 1.807) is 0 Å². The van der Waals surface area contributed by atoms with E-state index < -0.39 is 0 Å². The van der Waals surface area contributed by atoms with Crippen LogP contribution in [0.2, 0.25) is 0 Å². The van der Waals surface area contributed by atoms with E-state index in [-0.39, 0.29) is 0 Å². The summed E-state index contributed by atoms with van der Waals surface area (Å²) >= 11 is 0. The molecule has 214 valence electrons. The summed E-state index contributed by atoms with van der Waals surface area (Å²) in [5.74, 6) is 0.950. The van der Waals surface area contributed by atoms with Crippen LogP contribution in [-0.2, 0) is 4.74 Å². The molecule has 2 nitrogen and oxygen atoms in total. The fraction of sp³-hybridized carbons (Fsp3) is 1.00. The van der Waals surface area contributed by atoms with E-state index in [1.165, 1.54) is 174 Å². The topological polar surface area (TPSA) is 12.5 Å². The van der Waals surface area contributed by atoms with E-state index in [0.29, 0.717) is 11.5 Å². The number of hydrogen-bond acceptors (Lipinski definition) is 2. The maximum absolute atomic E-state index is 6.27. The van der Waals surface area contributed by atoms with Gasteiger partial charge in [0.2, 0.25) is 0 Å². The molecule has 1 saturated carbocycles. The lowest BCUT2D eigenvalue weighted by molar-refractivity contribution is -0.106. The van der Waals surface area contributed by atoms with Gasteiger partial charge in [-0.05, 0) is 69.4 Å². The van der Waals surface area contributed by atoms with Crippen molar-refractivity contribution in [3.05, 3.63) is 0 Å². The Labute approximate surface area is 228 Å². The van der Waals surface area contributed by atoms with Crippen LogP contribution in [0, 0.1) is 11.3 Å². The Morgan fingerprint density at radius 2 is 1.06 bits per heavy atom. The van der Waals surface area contributed by atoms with Crippen molar-refractivity contribution in [1.29, 1.82) is 0 Å². The van der Waals surface area contributed by atoms with Crippen molar-refractivity contribution in [3.63, 3.8) is 0 Å². The number of piperidine rings is 1. The van der Waals surface area contributed by atoms with E-state index >= 15 is 0 Å². The summed E-state index contributed by atoms with van der Waals surface area (Å²) in [6.45, 7) is 12.1. The highest BCUT2D eigenvalue weighted by Gasteiger charge is 2.46. The number of nitrogens with zero attached hydrogens (tertiary/aromatic N) is 1. The molecule has 0 atom stereocenters. The fourth-order valence-corrected chi connectivity index (χ4v) is 6.89. The first kappa shape index (κ1) is 32.1. The van der Waals surface area contributed by atoms with Crippen LogP contribution < -0.4 is 0 Å². The minimum Gasteiger partial charge on any atom is -0.378 e. The molecule has 0 aromatic heterocycles. The lowest BCUT2D eigenvalue weighted by atomic mass is 9.61. The molecule has 1 aliphatic carbocycles. The summed E-state index contributed by atoms with van der Waals surface area (Å²) in [6, 6.07) is 0. The molecule has 0 aromatic carbocycles. The fourth-order valence-electron chi connectivity index (χ4n) is 6.89. The predicted molar refractivity (Wildman–Crippen MR) is 160 cm³/mol. The standard InChI is InChI=1S/C34H67NO/c1-4-7-10-13-14-15-18-21-28-36-33-29-34(30-33)24-26-35(27-25-34)31-32(22-19-16-11-8-5-2)23-20-17-12-9-6-3/h32-33H,4-31H2,1-3H3. The molecular weight excluding hydrogens is 438 g/mol. The Morgan fingerprint density at radius 1 is 0.611 bits per heavy atom. The molecule has 0 bridgehead atoms. The van der Waals surface area contributed by atoms with Gasteiger partial charge in [-0.1, -0.05) is 130 Å². The normalized spacial score (nSPS) is 18.3. The van der Waals surface area contributed by atoms with Gasteiger partial charge in [0, 0.05) is 13.2 Å². The summed E-state index contributed by atoms with van der Waals surface area (Å²) in [5, 5.41) is 0. The van der Waals surface area contributed by atoms with Crippen LogP contribution in [-0.4, -0.2) is 37.2 Å². The lowest BCUT2D eigenvalue weighted by Crippen LogP contribution is -2.50. The van der Waals surface area contributed by atoms with Crippen molar-refractivity contribution in [2.24, 2.45) is 11.3 Å². The molecule has 2 aliphatic rings. The first-order valence-electron chi connectivity index (χ1n) is 17.0. The van der Waals surface area contributed by atoms with Crippen LogP contribution in [0.1, 0.15) is 175 Å². The van der Waals surface area contributed by atoms with Crippen LogP contribution in [0.4, 0.5) is 0 Å². The molecular formula is C34H67NO. The van der Waals surface area contributed by atoms with Crippen LogP contribution in [0.3, 0.4) is 0 Å². The monoisotopic (exact) mass is 506 g/mol. The molecule has 36 heavy (non-hydrogen) atoms. The first-order chi connectivity index (χ1) is 17.7. The summed E-state index contributed by atoms with van der Waals surface area (Å²) in [5.41, 5.74) is 0.649. The van der Waals surface area contributed by atoms with Crippen LogP contribution in [0.25, 0.3) is 0 Å². The second kappa shape index (κ2) is 20.8. The highest BCUT2D eigenvalue weighted by atomic mass is 16.5. The van der Waals surface area contributed by atoms with Gasteiger partial charge >= 0.3 is 0 Å². The average molecular weight is 506 g/mol. The van der Waals surface area contributed by atoms with Crippen molar-refractivity contribution in [1.82, 2.24) is 4.90 Å². The third-order valence-corrected chi connectivity index (χ3v) is 9.54. The van der Waals surface area contributed by atoms with E-state index in [1.807, 2.05) is 0 Å². The first-order valence-corrected chi connectivity index (χ1v) is 17.0. The van der Waals surface area contributed by atoms with E-state index in [4.69, 9.17) is 4.74 Å². The molecule has 1 spiro atoms. The molecule has 1 heterocycles. The van der Waals surface area contributed by atoms with Crippen molar-refractivity contribution in [3.8, 4) is 0 Å². The number of rotatable bonds is 24. The Balaban J connectivity index is 1.55. The minimum atomic E-state index is 0.583. The largest absolute Gasteiger partial charge is 0.378 e. The van der Waals surface area contributed by atoms with Gasteiger partial charge in [0.25, 0.3) is 0 Å². The predicted octanol–water partition coefficient (Wildman–Crippen LogP) is 10.7. The van der Waals surface area contributed by atoms with Gasteiger partial charge in [-0.2, -0.15) is 0 Å². The van der Waals surface area contributed by atoms with Crippen LogP contribution in [0.5, 0.6) is 0 Å². The minimum absolute atomic E-state index is 0.583. The van der Waals surface area contributed by atoms with Gasteiger partial charge < -0.3 is 9.64 Å². The van der Waals surface area contributed by atoms with E-state index in [9.17, 15) is 0 Å². The maximum atomic E-state index is 6.27. The summed E-state index contributed by atoms with van der Waals surface area (Å²) in [4.78, 5) is 2.85. The summed E-state index contributed by atoms with van der Waals surface area (Å²) < 4.78 is 6.27. The van der Waals surface area contributed by atoms with E-state index in [0.717, 1.165) is 12.5 Å². The van der Waals surface area contributed by atoms with Gasteiger partial charge in [-0.25, -0.2) is 0 Å². The Bertz CT molecular complexity index is 462. The van der Waals surface area contributed by atoms with Gasteiger partial charge in [-0.3, -0.25) is 0 Å². The third kappa shape index (κ3) is 14.2. The molecule has 0 N–H and O–H groups in total. The molecule has 2 fully saturated rings. The number of unbranched alkanes of at least 4 members (excludes halogenated alkanes) is 15. The molecule has 1 aliphatic heterocycles. The molecule has 0 radical (unpaired) electrons. The number of likely N-dealkylation sites (tertiary alicyclic amines) is 1.